The van der Waals surface area contributed by atoms with Crippen molar-refractivity contribution in [2.75, 3.05) is 7.11 Å². The maximum absolute atomic E-state index is 12.4. The lowest BCUT2D eigenvalue weighted by Crippen LogP contribution is -2.19. The number of carbonyl (C=O) groups is 1. The summed E-state index contributed by atoms with van der Waals surface area (Å²) in [6.45, 7) is 0. The summed E-state index contributed by atoms with van der Waals surface area (Å²) >= 11 is 5.85. The third kappa shape index (κ3) is 5.80. The van der Waals surface area contributed by atoms with Crippen LogP contribution in [0, 0.1) is 16.9 Å². The van der Waals surface area contributed by atoms with Gasteiger partial charge in [-0.05, 0) is 41.8 Å². The van der Waals surface area contributed by atoms with Crippen LogP contribution in [0.1, 0.15) is 17.5 Å². The van der Waals surface area contributed by atoms with Crippen molar-refractivity contribution in [2.24, 2.45) is 11.0 Å². The van der Waals surface area contributed by atoms with Gasteiger partial charge in [0.1, 0.15) is 17.4 Å². The standard InChI is InChI=1S/C19H20ClN3O2/c1-25-18-8-4-13(5-9-18)10-15(19(21)23-22)12-17(24)11-14-2-6-16(20)7-3-14/h2-9,15,21-22H,10-12H2,1H3/t15-/m1/s1. The molecule has 0 saturated heterocycles. The second kappa shape index (κ2) is 9.08. The molecule has 0 aliphatic heterocycles. The summed E-state index contributed by atoms with van der Waals surface area (Å²) < 4.78 is 5.13. The molecule has 2 aromatic rings. The Bertz CT molecular complexity index is 742. The molecule has 0 aliphatic carbocycles. The number of Topliss-reactive ketones (excluding diaryl/α,β-unsaturated/α-hetero) is 1. The molecule has 5 nitrogen and oxygen atoms in total. The highest BCUT2D eigenvalue weighted by Gasteiger charge is 2.19. The number of hydrogen-bond donors (Lipinski definition) is 2. The quantitative estimate of drug-likeness (QED) is 0.407. The van der Waals surface area contributed by atoms with Crippen molar-refractivity contribution in [1.29, 1.82) is 10.9 Å². The van der Waals surface area contributed by atoms with E-state index in [1.54, 1.807) is 19.2 Å². The average Bonchev–Trinajstić information content (AvgIpc) is 2.63. The van der Waals surface area contributed by atoms with Crippen LogP contribution in [0.25, 0.3) is 0 Å². The summed E-state index contributed by atoms with van der Waals surface area (Å²) in [6, 6.07) is 14.6. The van der Waals surface area contributed by atoms with E-state index in [1.165, 1.54) is 0 Å². The Hall–Kier alpha value is -2.53. The van der Waals surface area contributed by atoms with Gasteiger partial charge in [-0.2, -0.15) is 0 Å². The molecular weight excluding hydrogens is 338 g/mol. The number of halogens is 1. The highest BCUT2D eigenvalue weighted by atomic mass is 35.5. The third-order valence-corrected chi connectivity index (χ3v) is 4.19. The van der Waals surface area contributed by atoms with Crippen molar-refractivity contribution >= 4 is 23.2 Å². The van der Waals surface area contributed by atoms with Gasteiger partial charge in [0.2, 0.25) is 0 Å². The number of nitrogens with one attached hydrogen (secondary N) is 2. The number of methoxy groups -OCH3 is 1. The first-order chi connectivity index (χ1) is 12.0. The molecule has 0 bridgehead atoms. The van der Waals surface area contributed by atoms with Gasteiger partial charge in [0, 0.05) is 23.8 Å². The maximum Gasteiger partial charge on any atom is 0.146 e. The van der Waals surface area contributed by atoms with Crippen molar-refractivity contribution in [3.63, 3.8) is 0 Å². The van der Waals surface area contributed by atoms with Gasteiger partial charge in [-0.15, -0.1) is 5.11 Å². The molecule has 25 heavy (non-hydrogen) atoms. The largest absolute Gasteiger partial charge is 0.497 e. The summed E-state index contributed by atoms with van der Waals surface area (Å²) in [5.41, 5.74) is 8.96. The number of ketones is 1. The number of rotatable bonds is 8. The van der Waals surface area contributed by atoms with Gasteiger partial charge in [-0.3, -0.25) is 10.2 Å². The normalized spacial score (nSPS) is 11.6. The van der Waals surface area contributed by atoms with E-state index in [4.69, 9.17) is 27.3 Å². The molecule has 2 N–H and O–H groups in total. The summed E-state index contributed by atoms with van der Waals surface area (Å²) in [7, 11) is 1.60. The zero-order valence-electron chi connectivity index (χ0n) is 14.0. The minimum atomic E-state index is -0.411. The molecule has 0 fully saturated rings. The lowest BCUT2D eigenvalue weighted by molar-refractivity contribution is -0.118. The van der Waals surface area contributed by atoms with Crippen LogP contribution in [0.4, 0.5) is 0 Å². The number of nitrogens with zero attached hydrogens (tertiary/aromatic N) is 1. The van der Waals surface area contributed by atoms with Crippen LogP contribution in [-0.2, 0) is 17.6 Å². The van der Waals surface area contributed by atoms with Crippen LogP contribution >= 0.6 is 11.6 Å². The van der Waals surface area contributed by atoms with Crippen molar-refractivity contribution < 1.29 is 9.53 Å². The van der Waals surface area contributed by atoms with E-state index in [9.17, 15) is 4.79 Å². The van der Waals surface area contributed by atoms with Crippen molar-refractivity contribution in [3.8, 4) is 5.75 Å². The molecule has 0 amide bonds. The first kappa shape index (κ1) is 18.8. The fourth-order valence-electron chi connectivity index (χ4n) is 2.58. The summed E-state index contributed by atoms with van der Waals surface area (Å²) in [5, 5.41) is 11.7. The van der Waals surface area contributed by atoms with Crippen LogP contribution in [0.2, 0.25) is 5.02 Å². The SMILES string of the molecule is COc1ccc(C[C@H](CC(=O)Cc2ccc(Cl)cc2)C(=N)N=N)cc1. The molecule has 0 aromatic heterocycles. The molecule has 130 valence electrons. The van der Waals surface area contributed by atoms with Crippen LogP contribution in [0.15, 0.2) is 53.6 Å². The lowest BCUT2D eigenvalue weighted by Gasteiger charge is -2.14. The Morgan fingerprint density at radius 2 is 1.72 bits per heavy atom. The average molecular weight is 358 g/mol. The first-order valence-corrected chi connectivity index (χ1v) is 8.24. The lowest BCUT2D eigenvalue weighted by atomic mass is 9.91. The monoisotopic (exact) mass is 357 g/mol. The molecule has 0 unspecified atom stereocenters. The predicted octanol–water partition coefficient (Wildman–Crippen LogP) is 4.72. The van der Waals surface area contributed by atoms with E-state index in [1.807, 2.05) is 36.4 Å². The van der Waals surface area contributed by atoms with E-state index in [0.717, 1.165) is 16.9 Å². The van der Waals surface area contributed by atoms with Crippen LogP contribution < -0.4 is 4.74 Å². The van der Waals surface area contributed by atoms with Crippen LogP contribution in [0.3, 0.4) is 0 Å². The molecule has 0 saturated carbocycles. The smallest absolute Gasteiger partial charge is 0.146 e. The van der Waals surface area contributed by atoms with Gasteiger partial charge in [-0.25, -0.2) is 5.53 Å². The fraction of sp³-hybridized carbons (Fsp3) is 0.263. The molecule has 0 aliphatic rings. The highest BCUT2D eigenvalue weighted by molar-refractivity contribution is 6.30. The van der Waals surface area contributed by atoms with Crippen LogP contribution in [0.5, 0.6) is 5.75 Å². The number of carbonyl (C=O) groups excluding carboxylic acids is 1. The minimum Gasteiger partial charge on any atom is -0.497 e. The van der Waals surface area contributed by atoms with E-state index in [2.05, 4.69) is 5.11 Å². The van der Waals surface area contributed by atoms with Gasteiger partial charge in [0.25, 0.3) is 0 Å². The zero-order valence-corrected chi connectivity index (χ0v) is 14.7. The Morgan fingerprint density at radius 3 is 2.28 bits per heavy atom. The van der Waals surface area contributed by atoms with E-state index in [-0.39, 0.29) is 24.5 Å². The number of hydrogen-bond acceptors (Lipinski definition) is 4. The summed E-state index contributed by atoms with van der Waals surface area (Å²) in [6.07, 6.45) is 0.939. The van der Waals surface area contributed by atoms with E-state index in [0.29, 0.717) is 11.4 Å². The first-order valence-electron chi connectivity index (χ1n) is 7.86. The number of benzene rings is 2. The Labute approximate surface area is 152 Å². The Balaban J connectivity index is 2.03. The van der Waals surface area contributed by atoms with E-state index < -0.39 is 5.92 Å². The summed E-state index contributed by atoms with van der Waals surface area (Å²) in [4.78, 5) is 12.4. The molecule has 0 radical (unpaired) electrons. The van der Waals surface area contributed by atoms with Gasteiger partial charge in [0.05, 0.1) is 7.11 Å². The molecule has 0 heterocycles. The zero-order chi connectivity index (χ0) is 18.2. The molecule has 1 atom stereocenters. The Morgan fingerprint density at radius 1 is 1.12 bits per heavy atom. The van der Waals surface area contributed by atoms with Gasteiger partial charge in [0.15, 0.2) is 0 Å². The van der Waals surface area contributed by atoms with Crippen molar-refractivity contribution in [2.45, 2.75) is 19.3 Å². The summed E-state index contributed by atoms with van der Waals surface area (Å²) in [5.74, 6) is 0.263. The molecule has 2 rings (SSSR count). The topological polar surface area (TPSA) is 86.4 Å². The second-order valence-corrected chi connectivity index (χ2v) is 6.23. The second-order valence-electron chi connectivity index (χ2n) is 5.79. The van der Waals surface area contributed by atoms with E-state index >= 15 is 0 Å². The molecule has 6 heteroatoms. The Kier molecular flexibility index (Phi) is 6.83. The third-order valence-electron chi connectivity index (χ3n) is 3.94. The van der Waals surface area contributed by atoms with Gasteiger partial charge < -0.3 is 4.74 Å². The fourth-order valence-corrected chi connectivity index (χ4v) is 2.71. The van der Waals surface area contributed by atoms with Gasteiger partial charge >= 0.3 is 0 Å². The maximum atomic E-state index is 12.4. The van der Waals surface area contributed by atoms with Gasteiger partial charge in [-0.1, -0.05) is 35.9 Å². The van der Waals surface area contributed by atoms with Crippen molar-refractivity contribution in [3.05, 3.63) is 64.7 Å². The van der Waals surface area contributed by atoms with Crippen molar-refractivity contribution in [1.82, 2.24) is 0 Å². The minimum absolute atomic E-state index is 0.00855. The molecular formula is C19H20ClN3O2. The molecule has 2 aromatic carbocycles. The predicted molar refractivity (Wildman–Crippen MR) is 97.8 cm³/mol. The number of ether oxygens (including phenoxy) is 1. The van der Waals surface area contributed by atoms with Crippen LogP contribution in [-0.4, -0.2) is 18.7 Å². The highest BCUT2D eigenvalue weighted by Crippen LogP contribution is 2.19. The number of amidine groups is 1. The molecule has 0 spiro atoms.